The molecule has 2 aliphatic carbocycles. The van der Waals surface area contributed by atoms with Crippen LogP contribution in [0, 0.1) is 12.7 Å². The van der Waals surface area contributed by atoms with E-state index in [-0.39, 0.29) is 22.7 Å². The van der Waals surface area contributed by atoms with Gasteiger partial charge in [0.2, 0.25) is 5.71 Å². The zero-order valence-electron chi connectivity index (χ0n) is 17.9. The molecule has 2 heterocycles. The first kappa shape index (κ1) is 20.0. The van der Waals surface area contributed by atoms with Crippen LogP contribution in [0.15, 0.2) is 35.0 Å². The van der Waals surface area contributed by atoms with Crippen molar-refractivity contribution in [1.82, 2.24) is 15.3 Å². The molecule has 3 aromatic rings. The molecule has 0 atom stereocenters. The summed E-state index contributed by atoms with van der Waals surface area (Å²) in [5.74, 6) is 0.680. The predicted octanol–water partition coefficient (Wildman–Crippen LogP) is 4.88. The largest absolute Gasteiger partial charge is 0.442 e. The second-order valence-corrected chi connectivity index (χ2v) is 9.27. The Morgan fingerprint density at radius 1 is 1.16 bits per heavy atom. The number of anilines is 1. The van der Waals surface area contributed by atoms with Crippen LogP contribution in [-0.2, 0) is 5.41 Å². The molecule has 31 heavy (non-hydrogen) atoms. The number of nitrogens with zero attached hydrogens (tertiary/aromatic N) is 2. The number of nitrogens with one attached hydrogen (secondary N) is 2. The van der Waals surface area contributed by atoms with E-state index in [4.69, 9.17) is 4.42 Å². The number of carbonyl (C=O) groups is 1. The number of rotatable bonds is 6. The summed E-state index contributed by atoms with van der Waals surface area (Å²) in [5, 5.41) is 7.13. The SMILES string of the molecule is Cc1oc2ncnc(NC3(C)CC3)c2c1C(=O)NCC1(c2ccccc2F)CCCC1. The minimum atomic E-state index is -0.381. The summed E-state index contributed by atoms with van der Waals surface area (Å²) in [6.07, 6.45) is 7.33. The number of halogens is 1. The smallest absolute Gasteiger partial charge is 0.255 e. The number of aromatic nitrogens is 2. The molecule has 1 aromatic carbocycles. The van der Waals surface area contributed by atoms with E-state index in [0.29, 0.717) is 40.3 Å². The zero-order chi connectivity index (χ0) is 21.6. The number of aryl methyl sites for hydroxylation is 1. The van der Waals surface area contributed by atoms with Crippen LogP contribution in [0.4, 0.5) is 10.2 Å². The molecule has 6 nitrogen and oxygen atoms in total. The van der Waals surface area contributed by atoms with Gasteiger partial charge in [0.15, 0.2) is 0 Å². The molecule has 0 radical (unpaired) electrons. The Balaban J connectivity index is 1.45. The highest BCUT2D eigenvalue weighted by atomic mass is 19.1. The highest BCUT2D eigenvalue weighted by Gasteiger charge is 2.40. The lowest BCUT2D eigenvalue weighted by atomic mass is 9.78. The van der Waals surface area contributed by atoms with E-state index < -0.39 is 0 Å². The average molecular weight is 423 g/mol. The molecular weight excluding hydrogens is 395 g/mol. The third-order valence-corrected chi connectivity index (χ3v) is 6.90. The highest BCUT2D eigenvalue weighted by molar-refractivity contribution is 6.10. The maximum Gasteiger partial charge on any atom is 0.255 e. The van der Waals surface area contributed by atoms with Gasteiger partial charge in [0.25, 0.3) is 5.91 Å². The summed E-state index contributed by atoms with van der Waals surface area (Å²) in [5.41, 5.74) is 1.15. The first-order valence-electron chi connectivity index (χ1n) is 11.0. The van der Waals surface area contributed by atoms with Crippen LogP contribution in [0.25, 0.3) is 11.1 Å². The van der Waals surface area contributed by atoms with E-state index in [2.05, 4.69) is 27.5 Å². The van der Waals surface area contributed by atoms with E-state index in [1.165, 1.54) is 12.4 Å². The van der Waals surface area contributed by atoms with Crippen molar-refractivity contribution in [3.05, 3.63) is 53.3 Å². The van der Waals surface area contributed by atoms with Crippen molar-refractivity contribution in [1.29, 1.82) is 0 Å². The Morgan fingerprint density at radius 3 is 2.61 bits per heavy atom. The van der Waals surface area contributed by atoms with Gasteiger partial charge in [0.05, 0.1) is 10.9 Å². The summed E-state index contributed by atoms with van der Waals surface area (Å²) >= 11 is 0. The quantitative estimate of drug-likeness (QED) is 0.592. The van der Waals surface area contributed by atoms with Gasteiger partial charge in [-0.05, 0) is 51.2 Å². The number of hydrogen-bond acceptors (Lipinski definition) is 5. The van der Waals surface area contributed by atoms with E-state index in [9.17, 15) is 9.18 Å². The van der Waals surface area contributed by atoms with Crippen molar-refractivity contribution in [3.8, 4) is 0 Å². The summed E-state index contributed by atoms with van der Waals surface area (Å²) in [4.78, 5) is 21.9. The van der Waals surface area contributed by atoms with Crippen LogP contribution >= 0.6 is 0 Å². The van der Waals surface area contributed by atoms with Gasteiger partial charge in [-0.2, -0.15) is 0 Å². The fourth-order valence-electron chi connectivity index (χ4n) is 4.83. The third kappa shape index (κ3) is 3.56. The topological polar surface area (TPSA) is 80.1 Å². The van der Waals surface area contributed by atoms with Gasteiger partial charge in [-0.15, -0.1) is 0 Å². The van der Waals surface area contributed by atoms with Gasteiger partial charge in [-0.3, -0.25) is 4.79 Å². The Kier molecular flexibility index (Phi) is 4.72. The molecule has 0 aliphatic heterocycles. The zero-order valence-corrected chi connectivity index (χ0v) is 17.9. The van der Waals surface area contributed by atoms with Gasteiger partial charge in [0, 0.05) is 17.5 Å². The van der Waals surface area contributed by atoms with Crippen LogP contribution in [0.5, 0.6) is 0 Å². The molecule has 2 N–H and O–H groups in total. The normalized spacial score (nSPS) is 18.8. The molecule has 2 saturated carbocycles. The fraction of sp³-hybridized carbons (Fsp3) is 0.458. The Bertz CT molecular complexity index is 1150. The molecule has 0 unspecified atom stereocenters. The van der Waals surface area contributed by atoms with Gasteiger partial charge < -0.3 is 15.1 Å². The van der Waals surface area contributed by atoms with Crippen molar-refractivity contribution in [2.24, 2.45) is 0 Å². The van der Waals surface area contributed by atoms with Gasteiger partial charge >= 0.3 is 0 Å². The second-order valence-electron chi connectivity index (χ2n) is 9.27. The lowest BCUT2D eigenvalue weighted by Gasteiger charge is -2.30. The second kappa shape index (κ2) is 7.32. The summed E-state index contributed by atoms with van der Waals surface area (Å²) < 4.78 is 20.4. The maximum atomic E-state index is 14.6. The van der Waals surface area contributed by atoms with Crippen LogP contribution in [0.2, 0.25) is 0 Å². The Morgan fingerprint density at radius 2 is 1.90 bits per heavy atom. The minimum absolute atomic E-state index is 0.00105. The lowest BCUT2D eigenvalue weighted by molar-refractivity contribution is 0.0942. The summed E-state index contributed by atoms with van der Waals surface area (Å²) in [6.45, 7) is 4.28. The van der Waals surface area contributed by atoms with Crippen LogP contribution in [0.3, 0.4) is 0 Å². The van der Waals surface area contributed by atoms with Gasteiger partial charge in [-0.25, -0.2) is 14.4 Å². The Hall–Kier alpha value is -2.96. The first-order valence-corrected chi connectivity index (χ1v) is 11.0. The first-order chi connectivity index (χ1) is 14.9. The molecular formula is C24H27FN4O2. The summed E-state index contributed by atoms with van der Waals surface area (Å²) in [7, 11) is 0. The number of hydrogen-bond donors (Lipinski definition) is 2. The molecule has 2 aliphatic rings. The molecule has 0 bridgehead atoms. The van der Waals surface area contributed by atoms with E-state index in [1.54, 1.807) is 13.0 Å². The van der Waals surface area contributed by atoms with Crippen LogP contribution in [0.1, 0.15) is 67.1 Å². The van der Waals surface area contributed by atoms with Crippen LogP contribution < -0.4 is 10.6 Å². The lowest BCUT2D eigenvalue weighted by Crippen LogP contribution is -2.39. The van der Waals surface area contributed by atoms with Crippen molar-refractivity contribution in [2.75, 3.05) is 11.9 Å². The van der Waals surface area contributed by atoms with E-state index >= 15 is 0 Å². The van der Waals surface area contributed by atoms with Crippen molar-refractivity contribution in [3.63, 3.8) is 0 Å². The predicted molar refractivity (Wildman–Crippen MR) is 117 cm³/mol. The van der Waals surface area contributed by atoms with Crippen molar-refractivity contribution >= 4 is 22.8 Å². The molecule has 1 amide bonds. The summed E-state index contributed by atoms with van der Waals surface area (Å²) in [6, 6.07) is 6.91. The molecule has 162 valence electrons. The molecule has 2 aromatic heterocycles. The number of carbonyl (C=O) groups excluding carboxylic acids is 1. The minimum Gasteiger partial charge on any atom is -0.442 e. The van der Waals surface area contributed by atoms with Crippen molar-refractivity contribution in [2.45, 2.75) is 63.3 Å². The maximum absolute atomic E-state index is 14.6. The fourth-order valence-corrected chi connectivity index (χ4v) is 4.83. The monoisotopic (exact) mass is 422 g/mol. The molecule has 0 saturated heterocycles. The molecule has 7 heteroatoms. The van der Waals surface area contributed by atoms with Gasteiger partial charge in [-0.1, -0.05) is 31.0 Å². The number of benzene rings is 1. The average Bonchev–Trinajstić information content (AvgIpc) is 3.14. The van der Waals surface area contributed by atoms with Gasteiger partial charge in [0.1, 0.15) is 23.7 Å². The molecule has 2 fully saturated rings. The molecule has 5 rings (SSSR count). The number of amides is 1. The van der Waals surface area contributed by atoms with E-state index in [0.717, 1.165) is 38.5 Å². The van der Waals surface area contributed by atoms with Crippen molar-refractivity contribution < 1.29 is 13.6 Å². The standard InChI is InChI=1S/C24H27FN4O2/c1-15-18(19-20(29-23(2)11-12-23)27-14-28-22(19)31-15)21(30)26-13-24(9-5-6-10-24)16-7-3-4-8-17(16)25/h3-4,7-8,14H,5-6,9-13H2,1-2H3,(H,26,30)(H,27,28,29). The third-order valence-electron chi connectivity index (χ3n) is 6.90. The number of furan rings is 1. The van der Waals surface area contributed by atoms with E-state index in [1.807, 2.05) is 12.1 Å². The molecule has 0 spiro atoms. The van der Waals surface area contributed by atoms with Crippen LogP contribution in [-0.4, -0.2) is 28.0 Å². The number of fused-ring (bicyclic) bond motifs is 1. The Labute approximate surface area is 180 Å². The highest BCUT2D eigenvalue weighted by Crippen LogP contribution is 2.42.